The van der Waals surface area contributed by atoms with Gasteiger partial charge in [-0.25, -0.2) is 0 Å². The molecule has 130 valence electrons. The molecule has 0 spiro atoms. The van der Waals surface area contributed by atoms with Gasteiger partial charge in [0.2, 0.25) is 0 Å². The number of piperazine rings is 1. The Bertz CT molecular complexity index is 492. The minimum Gasteiger partial charge on any atom is -0.481 e. The Hall–Kier alpha value is -1.14. The van der Waals surface area contributed by atoms with Crippen molar-refractivity contribution in [1.82, 2.24) is 15.1 Å². The lowest BCUT2D eigenvalue weighted by Gasteiger charge is -2.29. The molecule has 1 saturated heterocycles. The zero-order valence-electron chi connectivity index (χ0n) is 14.0. The Morgan fingerprint density at radius 1 is 1.39 bits per heavy atom. The number of carboxylic acids is 1. The number of benzene rings is 1. The van der Waals surface area contributed by atoms with E-state index in [1.807, 2.05) is 18.2 Å². The molecule has 1 aromatic rings. The Balaban J connectivity index is 0.00000264. The second-order valence-electron chi connectivity index (χ2n) is 6.13. The molecule has 0 saturated carbocycles. The van der Waals surface area contributed by atoms with E-state index >= 15 is 0 Å². The summed E-state index contributed by atoms with van der Waals surface area (Å²) in [5.41, 5.74) is 2.05. The summed E-state index contributed by atoms with van der Waals surface area (Å²) in [5, 5.41) is 12.5. The lowest BCUT2D eigenvalue weighted by Crippen LogP contribution is -2.45. The molecular formula is C17H28ClN3O2. The maximum atomic E-state index is 11.1. The number of nitrogens with one attached hydrogen (secondary N) is 1. The molecular weight excluding hydrogens is 314 g/mol. The summed E-state index contributed by atoms with van der Waals surface area (Å²) in [6, 6.07) is 7.93. The van der Waals surface area contributed by atoms with Crippen LogP contribution in [-0.4, -0.2) is 67.2 Å². The van der Waals surface area contributed by atoms with Crippen molar-refractivity contribution in [3.05, 3.63) is 35.4 Å². The Morgan fingerprint density at radius 2 is 2.09 bits per heavy atom. The molecule has 1 unspecified atom stereocenters. The predicted molar refractivity (Wildman–Crippen MR) is 95.4 cm³/mol. The van der Waals surface area contributed by atoms with Crippen LogP contribution >= 0.6 is 12.4 Å². The van der Waals surface area contributed by atoms with Crippen LogP contribution in [0.15, 0.2) is 24.3 Å². The molecule has 1 heterocycles. The average molecular weight is 342 g/mol. The summed E-state index contributed by atoms with van der Waals surface area (Å²) in [6.07, 6.45) is 0. The number of rotatable bonds is 7. The number of likely N-dealkylation sites (N-methyl/N-ethyl adjacent to an activating group) is 1. The lowest BCUT2D eigenvalue weighted by atomic mass is 9.99. The molecule has 6 heteroatoms. The third-order valence-corrected chi connectivity index (χ3v) is 4.28. The van der Waals surface area contributed by atoms with Gasteiger partial charge in [-0.1, -0.05) is 24.3 Å². The Morgan fingerprint density at radius 3 is 2.74 bits per heavy atom. The first-order chi connectivity index (χ1) is 10.6. The maximum Gasteiger partial charge on any atom is 0.310 e. The van der Waals surface area contributed by atoms with Gasteiger partial charge in [-0.15, -0.1) is 12.4 Å². The van der Waals surface area contributed by atoms with Crippen LogP contribution in [-0.2, 0) is 11.3 Å². The number of aliphatic carboxylic acids is 1. The van der Waals surface area contributed by atoms with E-state index in [0.29, 0.717) is 0 Å². The van der Waals surface area contributed by atoms with Crippen molar-refractivity contribution in [3.63, 3.8) is 0 Å². The fourth-order valence-corrected chi connectivity index (χ4v) is 2.74. The second kappa shape index (κ2) is 9.88. The minimum absolute atomic E-state index is 0. The fraction of sp³-hybridized carbons (Fsp3) is 0.588. The molecule has 5 nitrogen and oxygen atoms in total. The standard InChI is InChI=1S/C17H27N3O2.ClH/c1-14(17(21)22)16-5-3-4-15(12-16)13-19(2)10-11-20-8-6-18-7-9-20;/h3-5,12,14,18H,6-11,13H2,1-2H3,(H,21,22);1H. The van der Waals surface area contributed by atoms with Gasteiger partial charge in [-0.05, 0) is 25.1 Å². The molecule has 1 fully saturated rings. The second-order valence-corrected chi connectivity index (χ2v) is 6.13. The van der Waals surface area contributed by atoms with E-state index in [1.54, 1.807) is 6.92 Å². The normalized spacial score (nSPS) is 16.8. The molecule has 0 aromatic heterocycles. The first-order valence-electron chi connectivity index (χ1n) is 7.99. The van der Waals surface area contributed by atoms with Crippen LogP contribution in [0.2, 0.25) is 0 Å². The van der Waals surface area contributed by atoms with Crippen molar-refractivity contribution in [2.75, 3.05) is 46.3 Å². The van der Waals surface area contributed by atoms with Crippen LogP contribution in [0.3, 0.4) is 0 Å². The zero-order chi connectivity index (χ0) is 15.9. The summed E-state index contributed by atoms with van der Waals surface area (Å²) in [6.45, 7) is 9.11. The van der Waals surface area contributed by atoms with E-state index in [0.717, 1.165) is 51.4 Å². The summed E-state index contributed by atoms with van der Waals surface area (Å²) >= 11 is 0. The van der Waals surface area contributed by atoms with Gasteiger partial charge >= 0.3 is 5.97 Å². The van der Waals surface area contributed by atoms with E-state index in [9.17, 15) is 4.79 Å². The molecule has 0 aliphatic carbocycles. The van der Waals surface area contributed by atoms with E-state index < -0.39 is 11.9 Å². The third kappa shape index (κ3) is 6.47. The van der Waals surface area contributed by atoms with E-state index in [1.165, 1.54) is 5.56 Å². The topological polar surface area (TPSA) is 55.8 Å². The first kappa shape index (κ1) is 19.9. The molecule has 0 amide bonds. The highest BCUT2D eigenvalue weighted by atomic mass is 35.5. The van der Waals surface area contributed by atoms with Crippen LogP contribution in [0.25, 0.3) is 0 Å². The minimum atomic E-state index is -0.774. The highest BCUT2D eigenvalue weighted by Gasteiger charge is 2.14. The van der Waals surface area contributed by atoms with Crippen LogP contribution < -0.4 is 5.32 Å². The highest BCUT2D eigenvalue weighted by molar-refractivity contribution is 5.85. The maximum absolute atomic E-state index is 11.1. The summed E-state index contributed by atoms with van der Waals surface area (Å²) in [7, 11) is 2.12. The zero-order valence-corrected chi connectivity index (χ0v) is 14.8. The van der Waals surface area contributed by atoms with Crippen LogP contribution in [0, 0.1) is 0 Å². The summed E-state index contributed by atoms with van der Waals surface area (Å²) in [4.78, 5) is 15.9. The van der Waals surface area contributed by atoms with Gasteiger partial charge in [0.1, 0.15) is 0 Å². The van der Waals surface area contributed by atoms with Crippen LogP contribution in [0.1, 0.15) is 24.0 Å². The average Bonchev–Trinajstić information content (AvgIpc) is 2.53. The highest BCUT2D eigenvalue weighted by Crippen LogP contribution is 2.17. The molecule has 2 N–H and O–H groups in total. The molecule has 1 aliphatic heterocycles. The molecule has 1 aromatic carbocycles. The van der Waals surface area contributed by atoms with Crippen molar-refractivity contribution in [3.8, 4) is 0 Å². The number of carboxylic acid groups (broad SMARTS) is 1. The summed E-state index contributed by atoms with van der Waals surface area (Å²) < 4.78 is 0. The number of hydrogen-bond acceptors (Lipinski definition) is 4. The molecule has 23 heavy (non-hydrogen) atoms. The summed E-state index contributed by atoms with van der Waals surface area (Å²) in [5.74, 6) is -1.23. The van der Waals surface area contributed by atoms with Crippen LogP contribution in [0.4, 0.5) is 0 Å². The lowest BCUT2D eigenvalue weighted by molar-refractivity contribution is -0.138. The largest absolute Gasteiger partial charge is 0.481 e. The number of carbonyl (C=O) groups is 1. The Labute approximate surface area is 145 Å². The van der Waals surface area contributed by atoms with Gasteiger partial charge in [0.15, 0.2) is 0 Å². The quantitative estimate of drug-likeness (QED) is 0.789. The number of nitrogens with zero attached hydrogens (tertiary/aromatic N) is 2. The van der Waals surface area contributed by atoms with E-state index in [-0.39, 0.29) is 12.4 Å². The smallest absolute Gasteiger partial charge is 0.310 e. The van der Waals surface area contributed by atoms with E-state index in [2.05, 4.69) is 28.2 Å². The van der Waals surface area contributed by atoms with Crippen molar-refractivity contribution in [1.29, 1.82) is 0 Å². The molecule has 0 radical (unpaired) electrons. The SMILES string of the molecule is CC(C(=O)O)c1cccc(CN(C)CCN2CCNCC2)c1.Cl. The molecule has 2 rings (SSSR count). The van der Waals surface area contributed by atoms with Crippen molar-refractivity contribution < 1.29 is 9.90 Å². The van der Waals surface area contributed by atoms with Gasteiger partial charge in [0, 0.05) is 45.8 Å². The van der Waals surface area contributed by atoms with Crippen molar-refractivity contribution >= 4 is 18.4 Å². The fourth-order valence-electron chi connectivity index (χ4n) is 2.74. The van der Waals surface area contributed by atoms with Crippen LogP contribution in [0.5, 0.6) is 0 Å². The number of hydrogen-bond donors (Lipinski definition) is 2. The molecule has 1 aliphatic rings. The monoisotopic (exact) mass is 341 g/mol. The first-order valence-corrected chi connectivity index (χ1v) is 7.99. The predicted octanol–water partition coefficient (Wildman–Crippen LogP) is 1.63. The Kier molecular flexibility index (Phi) is 8.55. The van der Waals surface area contributed by atoms with Crippen molar-refractivity contribution in [2.45, 2.75) is 19.4 Å². The van der Waals surface area contributed by atoms with Crippen molar-refractivity contribution in [2.24, 2.45) is 0 Å². The van der Waals surface area contributed by atoms with Gasteiger partial charge in [0.25, 0.3) is 0 Å². The molecule has 1 atom stereocenters. The third-order valence-electron chi connectivity index (χ3n) is 4.28. The van der Waals surface area contributed by atoms with Gasteiger partial charge in [0.05, 0.1) is 5.92 Å². The molecule has 0 bridgehead atoms. The van der Waals surface area contributed by atoms with Gasteiger partial charge < -0.3 is 15.3 Å². The van der Waals surface area contributed by atoms with E-state index in [4.69, 9.17) is 5.11 Å². The van der Waals surface area contributed by atoms with Gasteiger partial charge in [-0.2, -0.15) is 0 Å². The number of halogens is 1. The van der Waals surface area contributed by atoms with Gasteiger partial charge in [-0.3, -0.25) is 9.69 Å².